The third-order valence-corrected chi connectivity index (χ3v) is 3.68. The summed E-state index contributed by atoms with van der Waals surface area (Å²) in [6, 6.07) is 6.39. The zero-order valence-electron chi connectivity index (χ0n) is 9.88. The van der Waals surface area contributed by atoms with Gasteiger partial charge in [0.05, 0.1) is 6.61 Å². The van der Waals surface area contributed by atoms with E-state index in [0.717, 1.165) is 36.6 Å². The van der Waals surface area contributed by atoms with Gasteiger partial charge in [0.1, 0.15) is 0 Å². The lowest BCUT2D eigenvalue weighted by Gasteiger charge is -2.22. The average molecular weight is 274 g/mol. The molecular formula is C13H17Cl2NO. The Morgan fingerprint density at radius 3 is 2.88 bits per heavy atom. The summed E-state index contributed by atoms with van der Waals surface area (Å²) in [5, 5.41) is 5.00. The molecule has 1 aliphatic rings. The van der Waals surface area contributed by atoms with Gasteiger partial charge in [-0.1, -0.05) is 36.2 Å². The van der Waals surface area contributed by atoms with Crippen LogP contribution in [0.1, 0.15) is 31.4 Å². The molecule has 0 amide bonds. The summed E-state index contributed by atoms with van der Waals surface area (Å²) in [4.78, 5) is 0. The summed E-state index contributed by atoms with van der Waals surface area (Å²) in [5.74, 6) is 0. The number of ether oxygens (including phenoxy) is 1. The summed E-state index contributed by atoms with van der Waals surface area (Å²) in [7, 11) is 0. The van der Waals surface area contributed by atoms with Crippen LogP contribution < -0.4 is 5.32 Å². The maximum absolute atomic E-state index is 6.23. The van der Waals surface area contributed by atoms with Crippen molar-refractivity contribution < 1.29 is 4.74 Å². The van der Waals surface area contributed by atoms with E-state index >= 15 is 0 Å². The molecule has 0 aromatic heterocycles. The fourth-order valence-electron chi connectivity index (χ4n) is 2.16. The van der Waals surface area contributed by atoms with Crippen LogP contribution in [-0.4, -0.2) is 19.3 Å². The van der Waals surface area contributed by atoms with Crippen molar-refractivity contribution in [2.75, 3.05) is 13.2 Å². The molecule has 0 radical (unpaired) electrons. The molecule has 1 N–H and O–H groups in total. The lowest BCUT2D eigenvalue weighted by molar-refractivity contribution is 0.187. The highest BCUT2D eigenvalue weighted by Crippen LogP contribution is 2.28. The molecule has 2 atom stereocenters. The highest BCUT2D eigenvalue weighted by atomic mass is 35.5. The van der Waals surface area contributed by atoms with Crippen LogP contribution in [0.2, 0.25) is 10.0 Å². The fourth-order valence-corrected chi connectivity index (χ4v) is 2.70. The van der Waals surface area contributed by atoms with Crippen molar-refractivity contribution in [2.24, 2.45) is 0 Å². The minimum atomic E-state index is 0.270. The van der Waals surface area contributed by atoms with Gasteiger partial charge < -0.3 is 10.1 Å². The largest absolute Gasteiger partial charge is 0.380 e. The molecule has 1 saturated heterocycles. The predicted octanol–water partition coefficient (Wildman–Crippen LogP) is 3.82. The fraction of sp³-hybridized carbons (Fsp3) is 0.538. The summed E-state index contributed by atoms with van der Waals surface area (Å²) in [6.07, 6.45) is 2.07. The number of halogens is 2. The molecule has 1 aromatic carbocycles. The molecule has 2 rings (SSSR count). The molecule has 0 saturated carbocycles. The standard InChI is InChI=1S/C13H17Cl2NO/c1-2-13(16-10-5-6-17-8-10)11-4-3-9(14)7-12(11)15/h3-4,7,10,13,16H,2,5-6,8H2,1H3. The molecule has 0 aliphatic carbocycles. The molecule has 17 heavy (non-hydrogen) atoms. The molecule has 94 valence electrons. The van der Waals surface area contributed by atoms with Crippen molar-refractivity contribution in [3.63, 3.8) is 0 Å². The van der Waals surface area contributed by atoms with Crippen molar-refractivity contribution in [1.82, 2.24) is 5.32 Å². The molecular weight excluding hydrogens is 257 g/mol. The van der Waals surface area contributed by atoms with Crippen molar-refractivity contribution in [3.05, 3.63) is 33.8 Å². The zero-order chi connectivity index (χ0) is 12.3. The highest BCUT2D eigenvalue weighted by molar-refractivity contribution is 6.35. The highest BCUT2D eigenvalue weighted by Gasteiger charge is 2.21. The summed E-state index contributed by atoms with van der Waals surface area (Å²) < 4.78 is 5.37. The monoisotopic (exact) mass is 273 g/mol. The first kappa shape index (κ1) is 13.2. The van der Waals surface area contributed by atoms with E-state index in [1.165, 1.54) is 0 Å². The SMILES string of the molecule is CCC(NC1CCOC1)c1ccc(Cl)cc1Cl. The van der Waals surface area contributed by atoms with E-state index in [0.29, 0.717) is 11.1 Å². The number of rotatable bonds is 4. The van der Waals surface area contributed by atoms with Gasteiger partial charge >= 0.3 is 0 Å². The third kappa shape index (κ3) is 3.35. The molecule has 0 bridgehead atoms. The van der Waals surface area contributed by atoms with Crippen LogP contribution in [0.15, 0.2) is 18.2 Å². The van der Waals surface area contributed by atoms with E-state index in [1.807, 2.05) is 12.1 Å². The molecule has 0 spiro atoms. The summed E-state index contributed by atoms with van der Waals surface area (Å²) in [6.45, 7) is 3.79. The van der Waals surface area contributed by atoms with Gasteiger partial charge in [0.2, 0.25) is 0 Å². The lowest BCUT2D eigenvalue weighted by Crippen LogP contribution is -2.33. The van der Waals surface area contributed by atoms with Crippen molar-refractivity contribution in [1.29, 1.82) is 0 Å². The molecule has 2 nitrogen and oxygen atoms in total. The van der Waals surface area contributed by atoms with Crippen molar-refractivity contribution >= 4 is 23.2 Å². The van der Waals surface area contributed by atoms with Crippen LogP contribution in [0.4, 0.5) is 0 Å². The Morgan fingerprint density at radius 2 is 2.29 bits per heavy atom. The van der Waals surface area contributed by atoms with Crippen molar-refractivity contribution in [2.45, 2.75) is 31.8 Å². The second-order valence-corrected chi connectivity index (χ2v) is 5.20. The number of hydrogen-bond acceptors (Lipinski definition) is 2. The average Bonchev–Trinajstić information content (AvgIpc) is 2.79. The first-order valence-electron chi connectivity index (χ1n) is 5.99. The van der Waals surface area contributed by atoms with E-state index in [4.69, 9.17) is 27.9 Å². The van der Waals surface area contributed by atoms with Crippen LogP contribution in [0, 0.1) is 0 Å². The normalized spacial score (nSPS) is 21.7. The van der Waals surface area contributed by atoms with Crippen LogP contribution >= 0.6 is 23.2 Å². The van der Waals surface area contributed by atoms with E-state index in [9.17, 15) is 0 Å². The third-order valence-electron chi connectivity index (χ3n) is 3.11. The van der Waals surface area contributed by atoms with E-state index in [2.05, 4.69) is 12.2 Å². The Kier molecular flexibility index (Phi) is 4.69. The van der Waals surface area contributed by atoms with Gasteiger partial charge in [-0.15, -0.1) is 0 Å². The Balaban J connectivity index is 2.10. The van der Waals surface area contributed by atoms with Gasteiger partial charge in [0, 0.05) is 28.7 Å². The molecule has 2 unspecified atom stereocenters. The molecule has 1 fully saturated rings. The van der Waals surface area contributed by atoms with Gasteiger partial charge in [-0.05, 0) is 30.5 Å². The van der Waals surface area contributed by atoms with Gasteiger partial charge in [0.25, 0.3) is 0 Å². The second-order valence-electron chi connectivity index (χ2n) is 4.35. The topological polar surface area (TPSA) is 21.3 Å². The molecule has 1 heterocycles. The van der Waals surface area contributed by atoms with Crippen LogP contribution in [0.5, 0.6) is 0 Å². The van der Waals surface area contributed by atoms with Crippen LogP contribution in [-0.2, 0) is 4.74 Å². The second kappa shape index (κ2) is 6.05. The van der Waals surface area contributed by atoms with E-state index in [-0.39, 0.29) is 6.04 Å². The first-order chi connectivity index (χ1) is 8.20. The van der Waals surface area contributed by atoms with Gasteiger partial charge in [-0.25, -0.2) is 0 Å². The Hall–Kier alpha value is -0.280. The van der Waals surface area contributed by atoms with E-state index in [1.54, 1.807) is 6.07 Å². The molecule has 1 aliphatic heterocycles. The van der Waals surface area contributed by atoms with Crippen LogP contribution in [0.3, 0.4) is 0 Å². The maximum Gasteiger partial charge on any atom is 0.0620 e. The minimum Gasteiger partial charge on any atom is -0.380 e. The summed E-state index contributed by atoms with van der Waals surface area (Å²) in [5.41, 5.74) is 1.12. The maximum atomic E-state index is 6.23. The Morgan fingerprint density at radius 1 is 1.47 bits per heavy atom. The molecule has 1 aromatic rings. The number of hydrogen-bond donors (Lipinski definition) is 1. The Bertz CT molecular complexity index is 378. The Labute approximate surface area is 112 Å². The predicted molar refractivity (Wildman–Crippen MR) is 71.9 cm³/mol. The number of nitrogens with one attached hydrogen (secondary N) is 1. The number of benzene rings is 1. The minimum absolute atomic E-state index is 0.270. The van der Waals surface area contributed by atoms with Gasteiger partial charge in [-0.2, -0.15) is 0 Å². The smallest absolute Gasteiger partial charge is 0.0620 e. The quantitative estimate of drug-likeness (QED) is 0.901. The van der Waals surface area contributed by atoms with Gasteiger partial charge in [0.15, 0.2) is 0 Å². The first-order valence-corrected chi connectivity index (χ1v) is 6.75. The van der Waals surface area contributed by atoms with Gasteiger partial charge in [-0.3, -0.25) is 0 Å². The lowest BCUT2D eigenvalue weighted by atomic mass is 10.0. The zero-order valence-corrected chi connectivity index (χ0v) is 11.4. The summed E-state index contributed by atoms with van der Waals surface area (Å²) >= 11 is 12.1. The van der Waals surface area contributed by atoms with Crippen LogP contribution in [0.25, 0.3) is 0 Å². The van der Waals surface area contributed by atoms with Crippen molar-refractivity contribution in [3.8, 4) is 0 Å². The molecule has 4 heteroatoms. The van der Waals surface area contributed by atoms with E-state index < -0.39 is 0 Å².